The molecule has 1 aliphatic heterocycles. The van der Waals surface area contributed by atoms with Gasteiger partial charge in [-0.3, -0.25) is 14.4 Å². The van der Waals surface area contributed by atoms with Crippen molar-refractivity contribution in [2.24, 2.45) is 0 Å². The normalized spacial score (nSPS) is 15.5. The summed E-state index contributed by atoms with van der Waals surface area (Å²) in [7, 11) is 3.06. The summed E-state index contributed by atoms with van der Waals surface area (Å²) in [5, 5.41) is 3.12. The maximum absolute atomic E-state index is 14.7. The van der Waals surface area contributed by atoms with Crippen LogP contribution >= 0.6 is 0 Å². The van der Waals surface area contributed by atoms with E-state index in [0.717, 1.165) is 18.2 Å². The molecule has 1 aromatic heterocycles. The summed E-state index contributed by atoms with van der Waals surface area (Å²) in [5.41, 5.74) is -0.144. The molecule has 0 bridgehead atoms. The first-order valence-electron chi connectivity index (χ1n) is 11.2. The van der Waals surface area contributed by atoms with Gasteiger partial charge in [0.15, 0.2) is 0 Å². The van der Waals surface area contributed by atoms with E-state index in [1.54, 1.807) is 6.92 Å². The number of anilines is 1. The fraction of sp³-hybridized carbons (Fsp3) is 0.320. The molecular weight excluding hydrogens is 480 g/mol. The molecule has 2 heterocycles. The summed E-state index contributed by atoms with van der Waals surface area (Å²) < 4.78 is 53.8. The summed E-state index contributed by atoms with van der Waals surface area (Å²) in [6.07, 6.45) is -4.17. The highest BCUT2D eigenvalue weighted by molar-refractivity contribution is 5.97. The van der Waals surface area contributed by atoms with E-state index in [-0.39, 0.29) is 42.2 Å². The van der Waals surface area contributed by atoms with E-state index < -0.39 is 35.1 Å². The molecule has 1 aliphatic rings. The van der Waals surface area contributed by atoms with Crippen LogP contribution in [0, 0.1) is 5.82 Å². The van der Waals surface area contributed by atoms with Gasteiger partial charge in [0, 0.05) is 20.6 Å². The fourth-order valence-corrected chi connectivity index (χ4v) is 4.40. The van der Waals surface area contributed by atoms with Gasteiger partial charge in [0.1, 0.15) is 11.5 Å². The number of nitrogens with zero attached hydrogens (tertiary/aromatic N) is 2. The van der Waals surface area contributed by atoms with Crippen molar-refractivity contribution < 1.29 is 27.2 Å². The Kier molecular flexibility index (Phi) is 6.50. The minimum absolute atomic E-state index is 0.0235. The van der Waals surface area contributed by atoms with Crippen molar-refractivity contribution in [3.63, 3.8) is 0 Å². The molecule has 190 valence electrons. The van der Waals surface area contributed by atoms with E-state index in [2.05, 4.69) is 10.3 Å². The lowest BCUT2D eigenvalue weighted by Gasteiger charge is -2.35. The largest absolute Gasteiger partial charge is 0.416 e. The predicted molar refractivity (Wildman–Crippen MR) is 126 cm³/mol. The number of halogens is 4. The van der Waals surface area contributed by atoms with E-state index in [4.69, 9.17) is 0 Å². The molecule has 0 unspecified atom stereocenters. The van der Waals surface area contributed by atoms with Gasteiger partial charge in [-0.2, -0.15) is 13.2 Å². The third kappa shape index (κ3) is 4.77. The second-order valence-corrected chi connectivity index (χ2v) is 8.91. The predicted octanol–water partition coefficient (Wildman–Crippen LogP) is 3.95. The number of aromatic amines is 1. The number of pyridine rings is 1. The van der Waals surface area contributed by atoms with Crippen molar-refractivity contribution in [3.05, 3.63) is 75.0 Å². The molecule has 11 heteroatoms. The third-order valence-electron chi connectivity index (χ3n) is 6.33. The Morgan fingerprint density at radius 1 is 1.17 bits per heavy atom. The number of alkyl halides is 3. The summed E-state index contributed by atoms with van der Waals surface area (Å²) in [4.78, 5) is 42.7. The number of rotatable bonds is 4. The van der Waals surface area contributed by atoms with Gasteiger partial charge in [0.2, 0.25) is 5.91 Å². The molecule has 2 aromatic carbocycles. The number of carbonyl (C=O) groups is 2. The number of hydrogen-bond donors (Lipinski definition) is 2. The van der Waals surface area contributed by atoms with Crippen molar-refractivity contribution >= 4 is 28.3 Å². The Morgan fingerprint density at radius 3 is 2.56 bits per heavy atom. The molecule has 4 rings (SSSR count). The molecule has 0 aliphatic carbocycles. The number of H-pyrrole nitrogens is 1. The summed E-state index contributed by atoms with van der Waals surface area (Å²) in [6, 6.07) is 6.88. The average molecular weight is 504 g/mol. The first-order chi connectivity index (χ1) is 16.9. The number of benzene rings is 2. The van der Waals surface area contributed by atoms with E-state index >= 15 is 0 Å². The van der Waals surface area contributed by atoms with Crippen LogP contribution in [-0.4, -0.2) is 53.8 Å². The van der Waals surface area contributed by atoms with Gasteiger partial charge in [0.05, 0.1) is 29.2 Å². The minimum Gasteiger partial charge on any atom is -0.374 e. The number of fused-ring (bicyclic) bond motifs is 2. The molecule has 2 amide bonds. The molecule has 0 saturated heterocycles. The van der Waals surface area contributed by atoms with Gasteiger partial charge < -0.3 is 20.1 Å². The van der Waals surface area contributed by atoms with E-state index in [0.29, 0.717) is 16.5 Å². The van der Waals surface area contributed by atoms with Crippen molar-refractivity contribution in [1.29, 1.82) is 0 Å². The molecule has 7 nitrogen and oxygen atoms in total. The molecule has 2 N–H and O–H groups in total. The Labute approximate surface area is 203 Å². The lowest BCUT2D eigenvalue weighted by molar-refractivity contribution is -0.138. The zero-order chi connectivity index (χ0) is 26.4. The standard InChI is InChI=1S/C25H24F4N4O3/c1-13-17-5-4-16(25(27,28)29)8-14(17)6-7-33(13)22(34)12-30-20-9-15-10-21(24(36)32(2)3)31-23(35)18(15)11-19(20)26/h4-5,8-11,13,30H,6-7,12H2,1-3H3,(H,31,35)/t13-/m0/s1. The van der Waals surface area contributed by atoms with Crippen LogP contribution in [-0.2, 0) is 17.4 Å². The summed E-state index contributed by atoms with van der Waals surface area (Å²) in [6.45, 7) is 1.69. The quantitative estimate of drug-likeness (QED) is 0.527. The molecule has 3 aromatic rings. The van der Waals surface area contributed by atoms with Crippen molar-refractivity contribution in [3.8, 4) is 0 Å². The average Bonchev–Trinajstić information content (AvgIpc) is 2.81. The van der Waals surface area contributed by atoms with Crippen LogP contribution < -0.4 is 10.9 Å². The maximum atomic E-state index is 14.7. The molecule has 0 spiro atoms. The fourth-order valence-electron chi connectivity index (χ4n) is 4.40. The van der Waals surface area contributed by atoms with Crippen LogP contribution in [0.25, 0.3) is 10.8 Å². The van der Waals surface area contributed by atoms with Crippen LogP contribution in [0.2, 0.25) is 0 Å². The van der Waals surface area contributed by atoms with Gasteiger partial charge in [-0.25, -0.2) is 4.39 Å². The van der Waals surface area contributed by atoms with Crippen LogP contribution in [0.15, 0.2) is 41.2 Å². The highest BCUT2D eigenvalue weighted by Gasteiger charge is 2.33. The smallest absolute Gasteiger partial charge is 0.374 e. The molecule has 0 saturated carbocycles. The number of hydrogen-bond acceptors (Lipinski definition) is 4. The zero-order valence-electron chi connectivity index (χ0n) is 19.8. The van der Waals surface area contributed by atoms with E-state index in [1.165, 1.54) is 42.1 Å². The number of nitrogens with one attached hydrogen (secondary N) is 2. The van der Waals surface area contributed by atoms with Gasteiger partial charge >= 0.3 is 6.18 Å². The van der Waals surface area contributed by atoms with Crippen molar-refractivity contribution in [2.75, 3.05) is 32.5 Å². The van der Waals surface area contributed by atoms with Crippen LogP contribution in [0.5, 0.6) is 0 Å². The Bertz CT molecular complexity index is 1410. The molecule has 36 heavy (non-hydrogen) atoms. The monoisotopic (exact) mass is 504 g/mol. The van der Waals surface area contributed by atoms with E-state index in [1.807, 2.05) is 0 Å². The Hall–Kier alpha value is -3.89. The van der Waals surface area contributed by atoms with Crippen molar-refractivity contribution in [2.45, 2.75) is 25.6 Å². The zero-order valence-corrected chi connectivity index (χ0v) is 19.8. The lowest BCUT2D eigenvalue weighted by Crippen LogP contribution is -2.41. The van der Waals surface area contributed by atoms with Gasteiger partial charge in [-0.1, -0.05) is 6.07 Å². The number of amides is 2. The number of carbonyl (C=O) groups excluding carboxylic acids is 2. The lowest BCUT2D eigenvalue weighted by atomic mass is 9.91. The second-order valence-electron chi connectivity index (χ2n) is 8.91. The minimum atomic E-state index is -4.44. The van der Waals surface area contributed by atoms with Crippen LogP contribution in [0.1, 0.15) is 40.1 Å². The maximum Gasteiger partial charge on any atom is 0.416 e. The first-order valence-corrected chi connectivity index (χ1v) is 11.2. The second kappa shape index (κ2) is 9.29. The van der Waals surface area contributed by atoms with Crippen LogP contribution in [0.3, 0.4) is 0 Å². The third-order valence-corrected chi connectivity index (χ3v) is 6.33. The topological polar surface area (TPSA) is 85.5 Å². The van der Waals surface area contributed by atoms with Crippen molar-refractivity contribution in [1.82, 2.24) is 14.8 Å². The number of aromatic nitrogens is 1. The first kappa shape index (κ1) is 25.2. The highest BCUT2D eigenvalue weighted by atomic mass is 19.4. The van der Waals surface area contributed by atoms with Gasteiger partial charge in [0.25, 0.3) is 11.5 Å². The SMILES string of the molecule is C[C@H]1c2ccc(C(F)(F)F)cc2CCN1C(=O)CNc1cc2cc(C(=O)N(C)C)[nH]c(=O)c2cc1F. The van der Waals surface area contributed by atoms with Gasteiger partial charge in [-0.15, -0.1) is 0 Å². The van der Waals surface area contributed by atoms with Gasteiger partial charge in [-0.05, 0) is 60.2 Å². The summed E-state index contributed by atoms with van der Waals surface area (Å²) >= 11 is 0. The van der Waals surface area contributed by atoms with Crippen LogP contribution in [0.4, 0.5) is 23.2 Å². The Morgan fingerprint density at radius 2 is 1.89 bits per heavy atom. The Balaban J connectivity index is 1.52. The molecule has 0 radical (unpaired) electrons. The van der Waals surface area contributed by atoms with E-state index in [9.17, 15) is 31.9 Å². The molecule has 0 fully saturated rings. The molecule has 1 atom stereocenters. The highest BCUT2D eigenvalue weighted by Crippen LogP contribution is 2.35. The molecular formula is C25H24F4N4O3. The summed E-state index contributed by atoms with van der Waals surface area (Å²) in [5.74, 6) is -1.53.